The predicted molar refractivity (Wildman–Crippen MR) is 55.1 cm³/mol. The highest BCUT2D eigenvalue weighted by Crippen LogP contribution is 2.25. The van der Waals surface area contributed by atoms with Gasteiger partial charge in [0.05, 0.1) is 5.01 Å². The summed E-state index contributed by atoms with van der Waals surface area (Å²) in [6, 6.07) is 0. The summed E-state index contributed by atoms with van der Waals surface area (Å²) in [4.78, 5) is 5.54. The number of halogens is 1. The van der Waals surface area contributed by atoms with Gasteiger partial charge >= 0.3 is 0 Å². The monoisotopic (exact) mass is 203 g/mol. The molecule has 0 unspecified atom stereocenters. The van der Waals surface area contributed by atoms with Crippen molar-refractivity contribution in [2.75, 3.05) is 5.88 Å². The Hall–Kier alpha value is -0.0800. The van der Waals surface area contributed by atoms with E-state index in [0.29, 0.717) is 5.88 Å². The molecule has 0 saturated carbocycles. The fourth-order valence-corrected chi connectivity index (χ4v) is 2.15. The maximum Gasteiger partial charge on any atom is 0.0896 e. The first-order chi connectivity index (χ1) is 5.53. The van der Waals surface area contributed by atoms with Crippen LogP contribution in [0.1, 0.15) is 23.7 Å². The zero-order valence-electron chi connectivity index (χ0n) is 7.72. The number of aromatic nitrogens is 1. The minimum atomic E-state index is 0.195. The topological polar surface area (TPSA) is 12.9 Å². The molecule has 0 amide bonds. The van der Waals surface area contributed by atoms with Gasteiger partial charge in [0.2, 0.25) is 0 Å². The highest BCUT2D eigenvalue weighted by atomic mass is 35.5. The van der Waals surface area contributed by atoms with E-state index in [0.717, 1.165) is 11.4 Å². The number of thiazole rings is 1. The zero-order valence-corrected chi connectivity index (χ0v) is 9.30. The van der Waals surface area contributed by atoms with Gasteiger partial charge in [-0.3, -0.25) is 0 Å². The molecular formula is C9H14ClNS. The van der Waals surface area contributed by atoms with Crippen LogP contribution in [0.5, 0.6) is 0 Å². The van der Waals surface area contributed by atoms with Crippen LogP contribution in [0.2, 0.25) is 0 Å². The van der Waals surface area contributed by atoms with Crippen molar-refractivity contribution in [2.45, 2.75) is 27.2 Å². The molecule has 0 atom stereocenters. The second kappa shape index (κ2) is 3.75. The van der Waals surface area contributed by atoms with Crippen LogP contribution in [-0.4, -0.2) is 10.9 Å². The molecule has 3 heteroatoms. The van der Waals surface area contributed by atoms with Gasteiger partial charge in [-0.1, -0.05) is 13.8 Å². The predicted octanol–water partition coefficient (Wildman–Crippen LogP) is 3.26. The molecule has 1 aromatic rings. The molecule has 0 aliphatic carbocycles. The Balaban J connectivity index is 2.63. The van der Waals surface area contributed by atoms with Crippen molar-refractivity contribution < 1.29 is 0 Å². The van der Waals surface area contributed by atoms with Gasteiger partial charge in [0.1, 0.15) is 0 Å². The third kappa shape index (κ3) is 2.76. The number of alkyl halides is 1. The Kier molecular flexibility index (Phi) is 3.13. The minimum Gasteiger partial charge on any atom is -0.250 e. The van der Waals surface area contributed by atoms with E-state index in [1.54, 1.807) is 11.3 Å². The average Bonchev–Trinajstić information content (AvgIpc) is 2.35. The normalized spacial score (nSPS) is 12.0. The standard InChI is InChI=1S/C9H14ClNS/c1-7-11-5-8(12-7)4-9(2,3)6-10/h5H,4,6H2,1-3H3. The molecular weight excluding hydrogens is 190 g/mol. The minimum absolute atomic E-state index is 0.195. The van der Waals surface area contributed by atoms with E-state index in [1.165, 1.54) is 4.88 Å². The molecule has 0 radical (unpaired) electrons. The highest BCUT2D eigenvalue weighted by Gasteiger charge is 2.17. The third-order valence-electron chi connectivity index (χ3n) is 1.68. The van der Waals surface area contributed by atoms with E-state index in [4.69, 9.17) is 11.6 Å². The van der Waals surface area contributed by atoms with Crippen LogP contribution in [0.25, 0.3) is 0 Å². The van der Waals surface area contributed by atoms with E-state index in [9.17, 15) is 0 Å². The molecule has 0 N–H and O–H groups in total. The summed E-state index contributed by atoms with van der Waals surface area (Å²) in [7, 11) is 0. The van der Waals surface area contributed by atoms with Crippen molar-refractivity contribution in [1.29, 1.82) is 0 Å². The molecule has 0 fully saturated rings. The lowest BCUT2D eigenvalue weighted by Crippen LogP contribution is -2.15. The molecule has 1 heterocycles. The van der Waals surface area contributed by atoms with Crippen molar-refractivity contribution in [2.24, 2.45) is 5.41 Å². The van der Waals surface area contributed by atoms with Crippen LogP contribution < -0.4 is 0 Å². The highest BCUT2D eigenvalue weighted by molar-refractivity contribution is 7.11. The summed E-state index contributed by atoms with van der Waals surface area (Å²) in [5, 5.41) is 1.13. The fraction of sp³-hybridized carbons (Fsp3) is 0.667. The Bertz CT molecular complexity index is 255. The first kappa shape index (κ1) is 10.0. The van der Waals surface area contributed by atoms with Crippen molar-refractivity contribution in [3.8, 4) is 0 Å². The number of nitrogens with zero attached hydrogens (tertiary/aromatic N) is 1. The summed E-state index contributed by atoms with van der Waals surface area (Å²) < 4.78 is 0. The lowest BCUT2D eigenvalue weighted by atomic mass is 9.91. The average molecular weight is 204 g/mol. The van der Waals surface area contributed by atoms with Gasteiger partial charge in [-0.15, -0.1) is 22.9 Å². The Morgan fingerprint density at radius 1 is 1.58 bits per heavy atom. The van der Waals surface area contributed by atoms with Crippen LogP contribution in [0.15, 0.2) is 6.20 Å². The maximum absolute atomic E-state index is 5.83. The molecule has 0 saturated heterocycles. The van der Waals surface area contributed by atoms with Crippen LogP contribution in [0.4, 0.5) is 0 Å². The van der Waals surface area contributed by atoms with Crippen LogP contribution in [0, 0.1) is 12.3 Å². The molecule has 12 heavy (non-hydrogen) atoms. The smallest absolute Gasteiger partial charge is 0.0896 e. The van der Waals surface area contributed by atoms with Crippen LogP contribution >= 0.6 is 22.9 Å². The van der Waals surface area contributed by atoms with Gasteiger partial charge in [-0.05, 0) is 18.8 Å². The summed E-state index contributed by atoms with van der Waals surface area (Å²) in [6.45, 7) is 6.38. The van der Waals surface area contributed by atoms with E-state index in [1.807, 2.05) is 13.1 Å². The van der Waals surface area contributed by atoms with E-state index >= 15 is 0 Å². The van der Waals surface area contributed by atoms with E-state index in [2.05, 4.69) is 18.8 Å². The summed E-state index contributed by atoms with van der Waals surface area (Å²) in [5.74, 6) is 0.698. The van der Waals surface area contributed by atoms with Gasteiger partial charge in [0.15, 0.2) is 0 Å². The number of hydrogen-bond acceptors (Lipinski definition) is 2. The van der Waals surface area contributed by atoms with Crippen molar-refractivity contribution in [3.63, 3.8) is 0 Å². The summed E-state index contributed by atoms with van der Waals surface area (Å²) in [5.41, 5.74) is 0.195. The Morgan fingerprint density at radius 2 is 2.25 bits per heavy atom. The second-order valence-electron chi connectivity index (χ2n) is 3.82. The quantitative estimate of drug-likeness (QED) is 0.688. The number of rotatable bonds is 3. The van der Waals surface area contributed by atoms with Gasteiger partial charge in [-0.2, -0.15) is 0 Å². The molecule has 0 aromatic carbocycles. The van der Waals surface area contributed by atoms with E-state index in [-0.39, 0.29) is 5.41 Å². The molecule has 0 aliphatic rings. The van der Waals surface area contributed by atoms with Crippen molar-refractivity contribution >= 4 is 22.9 Å². The number of hydrogen-bond donors (Lipinski definition) is 0. The van der Waals surface area contributed by atoms with Crippen molar-refractivity contribution in [3.05, 3.63) is 16.1 Å². The van der Waals surface area contributed by atoms with Crippen LogP contribution in [-0.2, 0) is 6.42 Å². The molecule has 0 aliphatic heterocycles. The largest absolute Gasteiger partial charge is 0.250 e. The van der Waals surface area contributed by atoms with Gasteiger partial charge < -0.3 is 0 Å². The molecule has 1 aromatic heterocycles. The van der Waals surface area contributed by atoms with E-state index < -0.39 is 0 Å². The van der Waals surface area contributed by atoms with Crippen LogP contribution in [0.3, 0.4) is 0 Å². The zero-order chi connectivity index (χ0) is 9.19. The summed E-state index contributed by atoms with van der Waals surface area (Å²) in [6.07, 6.45) is 2.98. The Morgan fingerprint density at radius 3 is 2.67 bits per heavy atom. The summed E-state index contributed by atoms with van der Waals surface area (Å²) >= 11 is 7.59. The Labute approximate surface area is 82.8 Å². The third-order valence-corrected chi connectivity index (χ3v) is 3.32. The molecule has 0 spiro atoms. The lowest BCUT2D eigenvalue weighted by molar-refractivity contribution is 0.421. The first-order valence-electron chi connectivity index (χ1n) is 4.01. The molecule has 0 bridgehead atoms. The van der Waals surface area contributed by atoms with Gasteiger partial charge in [-0.25, -0.2) is 4.98 Å². The lowest BCUT2D eigenvalue weighted by Gasteiger charge is -2.19. The first-order valence-corrected chi connectivity index (χ1v) is 5.36. The molecule has 1 nitrogen and oxygen atoms in total. The van der Waals surface area contributed by atoms with Crippen molar-refractivity contribution in [1.82, 2.24) is 4.98 Å². The molecule has 68 valence electrons. The fourth-order valence-electron chi connectivity index (χ4n) is 1.01. The van der Waals surface area contributed by atoms with Gasteiger partial charge in [0.25, 0.3) is 0 Å². The number of aryl methyl sites for hydroxylation is 1. The molecule has 1 rings (SSSR count). The second-order valence-corrected chi connectivity index (χ2v) is 5.41. The maximum atomic E-state index is 5.83. The van der Waals surface area contributed by atoms with Gasteiger partial charge in [0, 0.05) is 17.0 Å². The SMILES string of the molecule is Cc1ncc(CC(C)(C)CCl)s1.